The molecule has 126 valence electrons. The zero-order chi connectivity index (χ0) is 16.3. The number of hydrogen-bond donors (Lipinski definition) is 1. The third kappa shape index (κ3) is 3.75. The number of rotatable bonds is 4. The molecule has 0 radical (unpaired) electrons. The van der Waals surface area contributed by atoms with E-state index in [4.69, 9.17) is 4.74 Å². The van der Waals surface area contributed by atoms with Crippen LogP contribution in [0.3, 0.4) is 0 Å². The van der Waals surface area contributed by atoms with Crippen molar-refractivity contribution in [3.05, 3.63) is 35.9 Å². The molecule has 0 aromatic heterocycles. The molecule has 2 atom stereocenters. The van der Waals surface area contributed by atoms with Crippen LogP contribution in [0.1, 0.15) is 50.2 Å². The molecule has 4 heteroatoms. The molecule has 2 unspecified atom stereocenters. The lowest BCUT2D eigenvalue weighted by Gasteiger charge is -2.36. The summed E-state index contributed by atoms with van der Waals surface area (Å²) in [6.45, 7) is 1.14. The molecule has 1 N–H and O–H groups in total. The fourth-order valence-corrected chi connectivity index (χ4v) is 4.00. The van der Waals surface area contributed by atoms with Gasteiger partial charge in [-0.2, -0.15) is 0 Å². The van der Waals surface area contributed by atoms with Gasteiger partial charge >= 0.3 is 0 Å². The van der Waals surface area contributed by atoms with E-state index in [-0.39, 0.29) is 17.9 Å². The molecule has 2 fully saturated rings. The summed E-state index contributed by atoms with van der Waals surface area (Å²) in [5, 5.41) is 10.6. The maximum Gasteiger partial charge on any atom is 0.228 e. The van der Waals surface area contributed by atoms with Crippen LogP contribution in [0, 0.1) is 5.92 Å². The molecular formula is C19H27NO3. The second-order valence-electron chi connectivity index (χ2n) is 7.08. The van der Waals surface area contributed by atoms with Crippen molar-refractivity contribution in [2.24, 2.45) is 5.92 Å². The maximum absolute atomic E-state index is 12.9. The van der Waals surface area contributed by atoms with Gasteiger partial charge in [0.25, 0.3) is 0 Å². The third-order valence-corrected chi connectivity index (χ3v) is 5.21. The van der Waals surface area contributed by atoms with E-state index in [1.807, 2.05) is 37.4 Å². The van der Waals surface area contributed by atoms with Crippen LogP contribution in [-0.2, 0) is 9.53 Å². The highest BCUT2D eigenvalue weighted by Crippen LogP contribution is 2.36. The Labute approximate surface area is 138 Å². The number of aliphatic hydroxyl groups is 1. The van der Waals surface area contributed by atoms with Crippen molar-refractivity contribution < 1.29 is 14.6 Å². The number of carbonyl (C=O) groups excluding carboxylic acids is 1. The molecule has 2 aliphatic rings. The van der Waals surface area contributed by atoms with Gasteiger partial charge in [0.05, 0.1) is 17.6 Å². The van der Waals surface area contributed by atoms with Crippen molar-refractivity contribution in [1.82, 2.24) is 4.90 Å². The lowest BCUT2D eigenvalue weighted by Crippen LogP contribution is -2.46. The van der Waals surface area contributed by atoms with Crippen molar-refractivity contribution in [2.75, 3.05) is 20.2 Å². The van der Waals surface area contributed by atoms with E-state index in [1.54, 1.807) is 4.90 Å². The van der Waals surface area contributed by atoms with Crippen LogP contribution in [0.2, 0.25) is 0 Å². The van der Waals surface area contributed by atoms with Crippen molar-refractivity contribution in [3.8, 4) is 0 Å². The summed E-state index contributed by atoms with van der Waals surface area (Å²) in [5.41, 5.74) is 0.376. The zero-order valence-corrected chi connectivity index (χ0v) is 13.9. The van der Waals surface area contributed by atoms with Crippen molar-refractivity contribution in [3.63, 3.8) is 0 Å². The Morgan fingerprint density at radius 1 is 1.26 bits per heavy atom. The number of likely N-dealkylation sites (N-methyl/N-ethyl adjacent to an activating group) is 1. The highest BCUT2D eigenvalue weighted by molar-refractivity contribution is 5.79. The Bertz CT molecular complexity index is 525. The Morgan fingerprint density at radius 2 is 1.96 bits per heavy atom. The van der Waals surface area contributed by atoms with Crippen LogP contribution in [0.5, 0.6) is 0 Å². The summed E-state index contributed by atoms with van der Waals surface area (Å²) in [6, 6.07) is 10.0. The number of hydrogen-bond acceptors (Lipinski definition) is 3. The van der Waals surface area contributed by atoms with E-state index >= 15 is 0 Å². The highest BCUT2D eigenvalue weighted by Gasteiger charge is 2.38. The monoisotopic (exact) mass is 317 g/mol. The fraction of sp³-hybridized carbons (Fsp3) is 0.632. The first kappa shape index (κ1) is 16.5. The second-order valence-corrected chi connectivity index (χ2v) is 7.08. The predicted molar refractivity (Wildman–Crippen MR) is 88.9 cm³/mol. The van der Waals surface area contributed by atoms with Gasteiger partial charge in [-0.3, -0.25) is 4.79 Å². The quantitative estimate of drug-likeness (QED) is 0.929. The van der Waals surface area contributed by atoms with Gasteiger partial charge in [0.2, 0.25) is 5.91 Å². The van der Waals surface area contributed by atoms with Gasteiger partial charge in [-0.25, -0.2) is 0 Å². The average Bonchev–Trinajstić information content (AvgIpc) is 3.01. The molecule has 1 aromatic rings. The molecule has 23 heavy (non-hydrogen) atoms. The summed E-state index contributed by atoms with van der Waals surface area (Å²) >= 11 is 0. The maximum atomic E-state index is 12.9. The first-order chi connectivity index (χ1) is 11.1. The Kier molecular flexibility index (Phi) is 5.02. The summed E-state index contributed by atoms with van der Waals surface area (Å²) in [4.78, 5) is 14.7. The second kappa shape index (κ2) is 7.02. The summed E-state index contributed by atoms with van der Waals surface area (Å²) in [5.74, 6) is -0.0555. The summed E-state index contributed by atoms with van der Waals surface area (Å²) in [7, 11) is 1.81. The number of ether oxygens (including phenoxy) is 1. The largest absolute Gasteiger partial charge is 0.388 e. The standard InChI is InChI=1S/C19H27NO3/c1-20(14-19(22)11-5-6-12-19)18(21)16-10-7-13-23-17(16)15-8-3-2-4-9-15/h2-4,8-9,16-17,22H,5-7,10-14H2,1H3. The van der Waals surface area contributed by atoms with E-state index in [1.165, 1.54) is 0 Å². The predicted octanol–water partition coefficient (Wildman–Crippen LogP) is 2.92. The minimum Gasteiger partial charge on any atom is -0.388 e. The summed E-state index contributed by atoms with van der Waals surface area (Å²) < 4.78 is 5.93. The van der Waals surface area contributed by atoms with Crippen LogP contribution >= 0.6 is 0 Å². The van der Waals surface area contributed by atoms with Gasteiger partial charge in [-0.15, -0.1) is 0 Å². The van der Waals surface area contributed by atoms with Crippen molar-refractivity contribution >= 4 is 5.91 Å². The minimum absolute atomic E-state index is 0.0962. The van der Waals surface area contributed by atoms with Crippen molar-refractivity contribution in [2.45, 2.75) is 50.2 Å². The average molecular weight is 317 g/mol. The van der Waals surface area contributed by atoms with Gasteiger partial charge in [0, 0.05) is 20.2 Å². The first-order valence-corrected chi connectivity index (χ1v) is 8.73. The molecule has 0 spiro atoms. The van der Waals surface area contributed by atoms with Gasteiger partial charge < -0.3 is 14.7 Å². The molecule has 1 saturated carbocycles. The molecule has 1 aromatic carbocycles. The Morgan fingerprint density at radius 3 is 2.65 bits per heavy atom. The normalized spacial score (nSPS) is 26.9. The zero-order valence-electron chi connectivity index (χ0n) is 13.9. The fourth-order valence-electron chi connectivity index (χ4n) is 4.00. The van der Waals surface area contributed by atoms with E-state index in [9.17, 15) is 9.90 Å². The minimum atomic E-state index is -0.692. The van der Waals surface area contributed by atoms with Crippen LogP contribution in [0.15, 0.2) is 30.3 Å². The van der Waals surface area contributed by atoms with Gasteiger partial charge in [-0.1, -0.05) is 43.2 Å². The molecule has 1 amide bonds. The number of benzene rings is 1. The SMILES string of the molecule is CN(CC1(O)CCCC1)C(=O)C1CCCOC1c1ccccc1. The molecule has 1 heterocycles. The molecule has 4 nitrogen and oxygen atoms in total. The van der Waals surface area contributed by atoms with Crippen LogP contribution < -0.4 is 0 Å². The highest BCUT2D eigenvalue weighted by atomic mass is 16.5. The summed E-state index contributed by atoms with van der Waals surface area (Å²) in [6.07, 6.45) is 5.30. The molecule has 1 saturated heterocycles. The number of amides is 1. The Hall–Kier alpha value is -1.39. The Balaban J connectivity index is 1.71. The number of nitrogens with zero attached hydrogens (tertiary/aromatic N) is 1. The smallest absolute Gasteiger partial charge is 0.228 e. The van der Waals surface area contributed by atoms with Crippen LogP contribution in [0.4, 0.5) is 0 Å². The third-order valence-electron chi connectivity index (χ3n) is 5.21. The molecule has 1 aliphatic heterocycles. The molecule has 1 aliphatic carbocycles. The van der Waals surface area contributed by atoms with E-state index in [0.29, 0.717) is 13.2 Å². The topological polar surface area (TPSA) is 49.8 Å². The van der Waals surface area contributed by atoms with E-state index in [0.717, 1.165) is 44.1 Å². The lowest BCUT2D eigenvalue weighted by molar-refractivity contribution is -0.147. The lowest BCUT2D eigenvalue weighted by atomic mass is 9.88. The van der Waals surface area contributed by atoms with Gasteiger partial charge in [0.1, 0.15) is 0 Å². The number of carbonyl (C=O) groups is 1. The van der Waals surface area contributed by atoms with Crippen LogP contribution in [-0.4, -0.2) is 41.7 Å². The van der Waals surface area contributed by atoms with E-state index < -0.39 is 5.60 Å². The van der Waals surface area contributed by atoms with Crippen LogP contribution in [0.25, 0.3) is 0 Å². The van der Waals surface area contributed by atoms with Gasteiger partial charge in [-0.05, 0) is 31.2 Å². The van der Waals surface area contributed by atoms with Crippen molar-refractivity contribution in [1.29, 1.82) is 0 Å². The molecule has 3 rings (SSSR count). The van der Waals surface area contributed by atoms with Gasteiger partial charge in [0.15, 0.2) is 0 Å². The van der Waals surface area contributed by atoms with E-state index in [2.05, 4.69) is 0 Å². The first-order valence-electron chi connectivity index (χ1n) is 8.73. The molecule has 0 bridgehead atoms. The molecular weight excluding hydrogens is 290 g/mol.